The number of hydrogen-bond donors (Lipinski definition) is 2. The van der Waals surface area contributed by atoms with Gasteiger partial charge in [0.1, 0.15) is 0 Å². The first-order chi connectivity index (χ1) is 9.16. The Kier molecular flexibility index (Phi) is 5.53. The predicted octanol–water partition coefficient (Wildman–Crippen LogP) is 2.02. The molecule has 0 bridgehead atoms. The maximum Gasteiger partial charge on any atom is 0.276 e. The molecule has 0 aliphatic rings. The molecule has 0 amide bonds. The second-order valence-corrected chi connectivity index (χ2v) is 7.60. The van der Waals surface area contributed by atoms with E-state index in [0.29, 0.717) is 13.1 Å². The fourth-order valence-corrected chi connectivity index (χ4v) is 3.84. The lowest BCUT2D eigenvalue weighted by molar-refractivity contribution is 0.567. The first-order valence-corrected chi connectivity index (χ1v) is 9.19. The van der Waals surface area contributed by atoms with Gasteiger partial charge in [0.05, 0.1) is 0 Å². The smallest absolute Gasteiger partial charge is 0.202 e. The second-order valence-electron chi connectivity index (χ2n) is 3.95. The van der Waals surface area contributed by atoms with Crippen LogP contribution in [0.1, 0.15) is 9.75 Å². The monoisotopic (exact) mass is 316 g/mol. The first kappa shape index (κ1) is 14.7. The molecule has 2 rings (SSSR count). The minimum absolute atomic E-state index is 0.425. The highest BCUT2D eigenvalue weighted by atomic mass is 32.2. The van der Waals surface area contributed by atoms with Gasteiger partial charge < -0.3 is 0 Å². The third-order valence-corrected chi connectivity index (χ3v) is 5.53. The third kappa shape index (κ3) is 5.42. The summed E-state index contributed by atoms with van der Waals surface area (Å²) in [6.07, 6.45) is 1.45. The van der Waals surface area contributed by atoms with Crippen LogP contribution in [-0.4, -0.2) is 21.5 Å². The van der Waals surface area contributed by atoms with Gasteiger partial charge in [-0.3, -0.25) is 0 Å². The summed E-state index contributed by atoms with van der Waals surface area (Å²) in [4.78, 5) is 2.36. The number of hydrogen-bond acceptors (Lipinski definition) is 4. The van der Waals surface area contributed by atoms with Crippen LogP contribution in [0.3, 0.4) is 0 Å². The van der Waals surface area contributed by atoms with Gasteiger partial charge in [0, 0.05) is 22.8 Å². The van der Waals surface area contributed by atoms with E-state index in [1.54, 1.807) is 22.7 Å². The molecule has 7 heteroatoms. The maximum absolute atomic E-state index is 11.7. The zero-order valence-corrected chi connectivity index (χ0v) is 12.8. The summed E-state index contributed by atoms with van der Waals surface area (Å²) in [7, 11) is -3.38. The molecule has 0 spiro atoms. The van der Waals surface area contributed by atoms with E-state index in [9.17, 15) is 8.42 Å². The molecular weight excluding hydrogens is 300 g/mol. The summed E-state index contributed by atoms with van der Waals surface area (Å²) in [5.74, 6) is 0. The Balaban J connectivity index is 1.66. The van der Waals surface area contributed by atoms with Crippen molar-refractivity contribution >= 4 is 32.9 Å². The maximum atomic E-state index is 11.7. The SMILES string of the molecule is O=S(=O)(NCCc1cccs1)NCCc1cccs1. The van der Waals surface area contributed by atoms with Gasteiger partial charge in [-0.2, -0.15) is 8.42 Å². The highest BCUT2D eigenvalue weighted by Crippen LogP contribution is 2.09. The van der Waals surface area contributed by atoms with Gasteiger partial charge in [-0.05, 0) is 35.7 Å². The summed E-state index contributed by atoms with van der Waals surface area (Å²) in [5, 5.41) is 3.98. The minimum atomic E-state index is -3.38. The number of nitrogens with one attached hydrogen (secondary N) is 2. The van der Waals surface area contributed by atoms with Crippen LogP contribution < -0.4 is 9.44 Å². The Labute approximate surface area is 121 Å². The molecule has 0 fully saturated rings. The van der Waals surface area contributed by atoms with Gasteiger partial charge in [-0.1, -0.05) is 12.1 Å². The molecule has 2 heterocycles. The third-order valence-electron chi connectivity index (χ3n) is 2.49. The average molecular weight is 316 g/mol. The Bertz CT molecular complexity index is 516. The largest absolute Gasteiger partial charge is 0.276 e. The molecule has 0 atom stereocenters. The Morgan fingerprint density at radius 1 is 0.895 bits per heavy atom. The van der Waals surface area contributed by atoms with Gasteiger partial charge >= 0.3 is 0 Å². The summed E-state index contributed by atoms with van der Waals surface area (Å²) in [6, 6.07) is 7.94. The molecule has 0 aliphatic heterocycles. The van der Waals surface area contributed by atoms with Crippen LogP contribution in [0.25, 0.3) is 0 Å². The normalized spacial score (nSPS) is 11.8. The van der Waals surface area contributed by atoms with E-state index < -0.39 is 10.2 Å². The van der Waals surface area contributed by atoms with Crippen LogP contribution in [0.15, 0.2) is 35.0 Å². The van der Waals surface area contributed by atoms with Gasteiger partial charge in [0.15, 0.2) is 0 Å². The predicted molar refractivity (Wildman–Crippen MR) is 81.0 cm³/mol. The van der Waals surface area contributed by atoms with Crippen molar-refractivity contribution in [1.29, 1.82) is 0 Å². The van der Waals surface area contributed by atoms with Gasteiger partial charge in [-0.15, -0.1) is 22.7 Å². The summed E-state index contributed by atoms with van der Waals surface area (Å²) >= 11 is 3.27. The quantitative estimate of drug-likeness (QED) is 0.783. The standard InChI is InChI=1S/C12H16N2O2S3/c15-19(16,13-7-5-11-3-1-9-17-11)14-8-6-12-4-2-10-18-12/h1-4,9-10,13-14H,5-8H2. The Morgan fingerprint density at radius 2 is 1.37 bits per heavy atom. The molecule has 0 aliphatic carbocycles. The van der Waals surface area contributed by atoms with Crippen molar-refractivity contribution in [3.63, 3.8) is 0 Å². The van der Waals surface area contributed by atoms with E-state index >= 15 is 0 Å². The number of thiophene rings is 2. The average Bonchev–Trinajstić information content (AvgIpc) is 3.01. The van der Waals surface area contributed by atoms with Crippen LogP contribution in [0.5, 0.6) is 0 Å². The van der Waals surface area contributed by atoms with E-state index in [1.165, 1.54) is 9.75 Å². The lowest BCUT2D eigenvalue weighted by atomic mass is 10.3. The van der Waals surface area contributed by atoms with Crippen molar-refractivity contribution in [3.8, 4) is 0 Å². The molecule has 2 aromatic heterocycles. The van der Waals surface area contributed by atoms with Crippen molar-refractivity contribution < 1.29 is 8.42 Å². The molecule has 4 nitrogen and oxygen atoms in total. The molecule has 104 valence electrons. The molecule has 0 saturated heterocycles. The van der Waals surface area contributed by atoms with E-state index in [-0.39, 0.29) is 0 Å². The molecule has 2 N–H and O–H groups in total. The van der Waals surface area contributed by atoms with Crippen LogP contribution in [0.4, 0.5) is 0 Å². The number of rotatable bonds is 8. The van der Waals surface area contributed by atoms with E-state index in [2.05, 4.69) is 9.44 Å². The summed E-state index contributed by atoms with van der Waals surface area (Å²) in [5.41, 5.74) is 0. The highest BCUT2D eigenvalue weighted by molar-refractivity contribution is 7.87. The summed E-state index contributed by atoms with van der Waals surface area (Å²) in [6.45, 7) is 0.851. The molecule has 0 radical (unpaired) electrons. The molecule has 0 unspecified atom stereocenters. The lowest BCUT2D eigenvalue weighted by Crippen LogP contribution is -2.38. The van der Waals surface area contributed by atoms with E-state index in [4.69, 9.17) is 0 Å². The van der Waals surface area contributed by atoms with Crippen LogP contribution in [-0.2, 0) is 23.1 Å². The topological polar surface area (TPSA) is 58.2 Å². The van der Waals surface area contributed by atoms with Crippen molar-refractivity contribution in [2.45, 2.75) is 12.8 Å². The second kappa shape index (κ2) is 7.16. The van der Waals surface area contributed by atoms with Gasteiger partial charge in [0.25, 0.3) is 10.2 Å². The van der Waals surface area contributed by atoms with E-state index in [0.717, 1.165) is 12.8 Å². The van der Waals surface area contributed by atoms with Crippen molar-refractivity contribution in [2.24, 2.45) is 0 Å². The molecular formula is C12H16N2O2S3. The van der Waals surface area contributed by atoms with E-state index in [1.807, 2.05) is 35.0 Å². The Hall–Kier alpha value is -0.730. The fraction of sp³-hybridized carbons (Fsp3) is 0.333. The molecule has 0 aromatic carbocycles. The van der Waals surface area contributed by atoms with Crippen LogP contribution in [0.2, 0.25) is 0 Å². The van der Waals surface area contributed by atoms with Gasteiger partial charge in [-0.25, -0.2) is 9.44 Å². The zero-order valence-electron chi connectivity index (χ0n) is 10.3. The highest BCUT2D eigenvalue weighted by Gasteiger charge is 2.08. The van der Waals surface area contributed by atoms with Crippen LogP contribution >= 0.6 is 22.7 Å². The lowest BCUT2D eigenvalue weighted by Gasteiger charge is -2.07. The molecule has 19 heavy (non-hydrogen) atoms. The van der Waals surface area contributed by atoms with Gasteiger partial charge in [0.2, 0.25) is 0 Å². The van der Waals surface area contributed by atoms with Crippen LogP contribution in [0, 0.1) is 0 Å². The first-order valence-electron chi connectivity index (χ1n) is 5.95. The summed E-state index contributed by atoms with van der Waals surface area (Å²) < 4.78 is 28.4. The minimum Gasteiger partial charge on any atom is -0.202 e. The zero-order chi connectivity index (χ0) is 13.6. The molecule has 2 aromatic rings. The van der Waals surface area contributed by atoms with Crippen molar-refractivity contribution in [3.05, 3.63) is 44.8 Å². The Morgan fingerprint density at radius 3 is 1.74 bits per heavy atom. The van der Waals surface area contributed by atoms with Crippen molar-refractivity contribution in [2.75, 3.05) is 13.1 Å². The van der Waals surface area contributed by atoms with Crippen molar-refractivity contribution in [1.82, 2.24) is 9.44 Å². The molecule has 0 saturated carbocycles. The fourth-order valence-electron chi connectivity index (χ4n) is 1.58.